The van der Waals surface area contributed by atoms with Crippen molar-refractivity contribution in [2.45, 2.75) is 20.8 Å². The molecule has 0 fully saturated rings. The Morgan fingerprint density at radius 2 is 1.90 bits per heavy atom. The molecule has 0 aliphatic rings. The van der Waals surface area contributed by atoms with Gasteiger partial charge in [-0.15, -0.1) is 11.3 Å². The molecule has 0 saturated carbocycles. The van der Waals surface area contributed by atoms with E-state index in [1.54, 1.807) is 30.7 Å². The van der Waals surface area contributed by atoms with E-state index in [0.29, 0.717) is 0 Å². The minimum Gasteiger partial charge on any atom is -0.353 e. The minimum absolute atomic E-state index is 0.0881. The van der Waals surface area contributed by atoms with Gasteiger partial charge >= 0.3 is 0 Å². The number of Topliss-reactive ketones (excluding diaryl/α,β-unsaturated/α-hetero) is 1. The molecule has 3 rings (SSSR count). The Kier molecular flexibility index (Phi) is 3.47. The van der Waals surface area contributed by atoms with E-state index in [0.717, 1.165) is 33.0 Å². The largest absolute Gasteiger partial charge is 0.353 e. The van der Waals surface area contributed by atoms with Crippen LogP contribution in [0.3, 0.4) is 0 Å². The topological polar surface area (TPSA) is 45.8 Å². The Bertz CT molecular complexity index is 800. The number of thiophene rings is 1. The van der Waals surface area contributed by atoms with Crippen molar-refractivity contribution in [1.29, 1.82) is 0 Å². The van der Waals surface area contributed by atoms with E-state index in [1.807, 2.05) is 19.1 Å². The number of carbonyl (C=O) groups excluding carboxylic acids is 1. The molecule has 0 saturated heterocycles. The molecule has 3 aromatic heterocycles. The van der Waals surface area contributed by atoms with Crippen molar-refractivity contribution in [3.8, 4) is 21.8 Å². The highest BCUT2D eigenvalue weighted by Gasteiger charge is 2.20. The number of aromatic amines is 1. The van der Waals surface area contributed by atoms with Crippen molar-refractivity contribution < 1.29 is 4.79 Å². The van der Waals surface area contributed by atoms with Crippen molar-refractivity contribution in [2.24, 2.45) is 0 Å². The molecule has 3 aromatic rings. The molecule has 4 heteroatoms. The first-order valence-electron chi connectivity index (χ1n) is 6.77. The average molecular weight is 296 g/mol. The maximum absolute atomic E-state index is 12.1. The third kappa shape index (κ3) is 2.43. The van der Waals surface area contributed by atoms with Gasteiger partial charge < -0.3 is 4.98 Å². The molecule has 106 valence electrons. The Hall–Kier alpha value is -2.20. The lowest BCUT2D eigenvalue weighted by Gasteiger charge is -2.00. The number of aromatic nitrogens is 2. The van der Waals surface area contributed by atoms with Gasteiger partial charge in [-0.05, 0) is 55.5 Å². The van der Waals surface area contributed by atoms with Crippen LogP contribution in [0.4, 0.5) is 0 Å². The molecular formula is C17H16N2OS. The highest BCUT2D eigenvalue weighted by Crippen LogP contribution is 2.36. The molecule has 1 N–H and O–H groups in total. The van der Waals surface area contributed by atoms with Gasteiger partial charge in [-0.2, -0.15) is 0 Å². The summed E-state index contributed by atoms with van der Waals surface area (Å²) in [6.45, 7) is 5.68. The molecule has 0 radical (unpaired) electrons. The van der Waals surface area contributed by atoms with Gasteiger partial charge in [-0.25, -0.2) is 0 Å². The van der Waals surface area contributed by atoms with Gasteiger partial charge in [0.15, 0.2) is 5.78 Å². The van der Waals surface area contributed by atoms with Gasteiger partial charge in [-0.3, -0.25) is 9.78 Å². The number of rotatable bonds is 3. The number of ketones is 1. The van der Waals surface area contributed by atoms with Crippen LogP contribution >= 0.6 is 11.3 Å². The lowest BCUT2D eigenvalue weighted by molar-refractivity contribution is 0.101. The van der Waals surface area contributed by atoms with E-state index in [9.17, 15) is 4.79 Å². The number of H-pyrrole nitrogens is 1. The van der Waals surface area contributed by atoms with E-state index in [1.165, 1.54) is 5.56 Å². The lowest BCUT2D eigenvalue weighted by atomic mass is 10.0. The molecular weight excluding hydrogens is 280 g/mol. The Morgan fingerprint density at radius 1 is 1.19 bits per heavy atom. The molecule has 0 atom stereocenters. The molecule has 3 heterocycles. The third-order valence-electron chi connectivity index (χ3n) is 3.55. The molecule has 0 bridgehead atoms. The third-order valence-corrected chi connectivity index (χ3v) is 4.61. The zero-order valence-corrected chi connectivity index (χ0v) is 13.0. The predicted molar refractivity (Wildman–Crippen MR) is 86.8 cm³/mol. The summed E-state index contributed by atoms with van der Waals surface area (Å²) in [5.41, 5.74) is 5.94. The summed E-state index contributed by atoms with van der Waals surface area (Å²) in [4.78, 5) is 20.7. The Labute approximate surface area is 127 Å². The fourth-order valence-electron chi connectivity index (χ4n) is 2.59. The number of hydrogen-bond donors (Lipinski definition) is 1. The summed E-state index contributed by atoms with van der Waals surface area (Å²) in [6, 6.07) is 6.01. The smallest absolute Gasteiger partial charge is 0.162 e. The first-order chi connectivity index (χ1) is 10.1. The maximum Gasteiger partial charge on any atom is 0.162 e. The molecule has 0 unspecified atom stereocenters. The zero-order chi connectivity index (χ0) is 15.0. The van der Waals surface area contributed by atoms with E-state index >= 15 is 0 Å². The second-order valence-electron chi connectivity index (χ2n) is 5.16. The van der Waals surface area contributed by atoms with E-state index in [-0.39, 0.29) is 5.78 Å². The van der Waals surface area contributed by atoms with Crippen LogP contribution in [0, 0.1) is 13.8 Å². The number of nitrogens with one attached hydrogen (secondary N) is 1. The number of pyridine rings is 1. The van der Waals surface area contributed by atoms with Gasteiger partial charge in [-0.1, -0.05) is 0 Å². The monoisotopic (exact) mass is 296 g/mol. The number of carbonyl (C=O) groups is 1. The fourth-order valence-corrected chi connectivity index (χ4v) is 3.49. The summed E-state index contributed by atoms with van der Waals surface area (Å²) in [7, 11) is 0. The average Bonchev–Trinajstić information content (AvgIpc) is 3.03. The van der Waals surface area contributed by atoms with E-state index in [2.05, 4.69) is 28.3 Å². The lowest BCUT2D eigenvalue weighted by Crippen LogP contribution is -1.94. The summed E-state index contributed by atoms with van der Waals surface area (Å²) >= 11 is 1.66. The summed E-state index contributed by atoms with van der Waals surface area (Å²) < 4.78 is 0. The molecule has 3 nitrogen and oxygen atoms in total. The van der Waals surface area contributed by atoms with Gasteiger partial charge in [0.25, 0.3) is 0 Å². The second-order valence-corrected chi connectivity index (χ2v) is 6.07. The SMILES string of the molecule is CC(=O)c1c(-c2cc(C)cs2)[nH]c(-c2ccncc2)c1C. The van der Waals surface area contributed by atoms with Crippen LogP contribution in [0.5, 0.6) is 0 Å². The Balaban J connectivity index is 2.23. The molecule has 0 aromatic carbocycles. The molecule has 0 spiro atoms. The van der Waals surface area contributed by atoms with Crippen LogP contribution in [-0.2, 0) is 0 Å². The van der Waals surface area contributed by atoms with E-state index < -0.39 is 0 Å². The normalized spacial score (nSPS) is 10.8. The van der Waals surface area contributed by atoms with Crippen LogP contribution in [0.1, 0.15) is 28.4 Å². The fraction of sp³-hybridized carbons (Fsp3) is 0.176. The van der Waals surface area contributed by atoms with Crippen molar-refractivity contribution in [1.82, 2.24) is 9.97 Å². The van der Waals surface area contributed by atoms with Gasteiger partial charge in [0.05, 0.1) is 10.6 Å². The molecule has 0 aliphatic heterocycles. The maximum atomic E-state index is 12.1. The van der Waals surface area contributed by atoms with E-state index in [4.69, 9.17) is 0 Å². The first-order valence-corrected chi connectivity index (χ1v) is 7.65. The van der Waals surface area contributed by atoms with Crippen LogP contribution in [0.15, 0.2) is 36.0 Å². The number of hydrogen-bond acceptors (Lipinski definition) is 3. The van der Waals surface area contributed by atoms with Gasteiger partial charge in [0, 0.05) is 29.2 Å². The Morgan fingerprint density at radius 3 is 2.48 bits per heavy atom. The summed E-state index contributed by atoms with van der Waals surface area (Å²) in [5.74, 6) is 0.0881. The summed E-state index contributed by atoms with van der Waals surface area (Å²) in [6.07, 6.45) is 3.52. The quantitative estimate of drug-likeness (QED) is 0.716. The van der Waals surface area contributed by atoms with Crippen molar-refractivity contribution >= 4 is 17.1 Å². The van der Waals surface area contributed by atoms with Crippen molar-refractivity contribution in [3.05, 3.63) is 52.7 Å². The minimum atomic E-state index is 0.0881. The zero-order valence-electron chi connectivity index (χ0n) is 12.2. The van der Waals surface area contributed by atoms with Gasteiger partial charge in [0.1, 0.15) is 0 Å². The van der Waals surface area contributed by atoms with Crippen molar-refractivity contribution in [3.63, 3.8) is 0 Å². The van der Waals surface area contributed by atoms with Crippen LogP contribution in [0.2, 0.25) is 0 Å². The second kappa shape index (κ2) is 5.30. The molecule has 0 amide bonds. The van der Waals surface area contributed by atoms with Crippen LogP contribution in [-0.4, -0.2) is 15.8 Å². The number of aryl methyl sites for hydroxylation is 1. The standard InChI is InChI=1S/C17H16N2OS/c1-10-8-14(21-9-10)17-15(12(3)20)11(2)16(19-17)13-4-6-18-7-5-13/h4-9,19H,1-3H3. The highest BCUT2D eigenvalue weighted by molar-refractivity contribution is 7.13. The van der Waals surface area contributed by atoms with Gasteiger partial charge in [0.2, 0.25) is 0 Å². The predicted octanol–water partition coefficient (Wildman–Crippen LogP) is 4.62. The number of nitrogens with zero attached hydrogens (tertiary/aromatic N) is 1. The molecule has 0 aliphatic carbocycles. The first kappa shape index (κ1) is 13.8. The molecule has 21 heavy (non-hydrogen) atoms. The summed E-state index contributed by atoms with van der Waals surface area (Å²) in [5, 5.41) is 2.10. The van der Waals surface area contributed by atoms with Crippen LogP contribution in [0.25, 0.3) is 21.8 Å². The van der Waals surface area contributed by atoms with Crippen molar-refractivity contribution in [2.75, 3.05) is 0 Å². The highest BCUT2D eigenvalue weighted by atomic mass is 32.1. The van der Waals surface area contributed by atoms with Crippen LogP contribution < -0.4 is 0 Å².